The lowest BCUT2D eigenvalue weighted by Crippen LogP contribution is -1.87. The van der Waals surface area contributed by atoms with Crippen LogP contribution in [0.3, 0.4) is 0 Å². The van der Waals surface area contributed by atoms with E-state index in [9.17, 15) is 9.13 Å². The van der Waals surface area contributed by atoms with Gasteiger partial charge in [0.25, 0.3) is 0 Å². The van der Waals surface area contributed by atoms with Crippen LogP contribution in [0.2, 0.25) is 0 Å². The van der Waals surface area contributed by atoms with Crippen LogP contribution >= 0.6 is 57.1 Å². The Balaban J connectivity index is -0.000000144. The Morgan fingerprint density at radius 1 is 0.800 bits per heavy atom. The zero-order chi connectivity index (χ0) is 13.5. The third kappa shape index (κ3) is 1260. The SMILES string of the molecule is NP(=O)(O)O.O=P(O)(O)S.O=P(O)(S)S. The maximum absolute atomic E-state index is 9.50. The first-order chi connectivity index (χ1) is 6.00. The second kappa shape index (κ2) is 8.57. The van der Waals surface area contributed by atoms with E-state index in [0.717, 1.165) is 0 Å². The van der Waals surface area contributed by atoms with Crippen LogP contribution in [0.15, 0.2) is 0 Å². The minimum Gasteiger partial charge on any atom is -0.330 e. The highest BCUT2D eigenvalue weighted by molar-refractivity contribution is 8.78. The molecule has 0 saturated heterocycles. The van der Waals surface area contributed by atoms with Crippen molar-refractivity contribution in [3.05, 3.63) is 0 Å². The summed E-state index contributed by atoms with van der Waals surface area (Å²) in [7, 11) is -4.14. The molecular weight excluding hydrogens is 331 g/mol. The van der Waals surface area contributed by atoms with Crippen LogP contribution in [0.1, 0.15) is 0 Å². The van der Waals surface area contributed by atoms with E-state index >= 15 is 0 Å². The van der Waals surface area contributed by atoms with Gasteiger partial charge in [-0.1, -0.05) is 36.7 Å². The Kier molecular flexibility index (Phi) is 12.4. The molecule has 15 heavy (non-hydrogen) atoms. The van der Waals surface area contributed by atoms with E-state index in [-0.39, 0.29) is 0 Å². The third-order valence-electron chi connectivity index (χ3n) is 0. The van der Waals surface area contributed by atoms with E-state index in [1.807, 2.05) is 0 Å². The van der Waals surface area contributed by atoms with Crippen molar-refractivity contribution in [3.8, 4) is 0 Å². The van der Waals surface area contributed by atoms with Gasteiger partial charge in [0.2, 0.25) is 0 Å². The van der Waals surface area contributed by atoms with Gasteiger partial charge < -0.3 is 24.5 Å². The van der Waals surface area contributed by atoms with Crippen molar-refractivity contribution in [2.45, 2.75) is 0 Å². The van der Waals surface area contributed by atoms with Gasteiger partial charge in [0.1, 0.15) is 0 Å². The first-order valence-corrected chi connectivity index (χ1v) is 10.8. The van der Waals surface area contributed by atoms with Gasteiger partial charge >= 0.3 is 20.3 Å². The largest absolute Gasteiger partial charge is 0.397 e. The number of hydrogen-bond acceptors (Lipinski definition) is 3. The maximum Gasteiger partial charge on any atom is 0.397 e. The first-order valence-electron chi connectivity index (χ1n) is 2.41. The lowest BCUT2D eigenvalue weighted by molar-refractivity contribution is 0.374. The second-order valence-corrected chi connectivity index (χ2v) is 10.6. The standard InChI is InChI=1S/H4NO3P.H3O3PS.H3O2PS2/c1-5(2,3)4;1-4(2,3)5;1-3(2,4)5/h(H4,1,2,3,4);(H3,1,2,3,5);(H3,1,2,4,5). The topological polar surface area (TPSA) is 178 Å². The van der Waals surface area contributed by atoms with Crippen molar-refractivity contribution < 1.29 is 38.2 Å². The highest BCUT2D eigenvalue weighted by Gasteiger charge is 1.98. The molecule has 0 radical (unpaired) electrons. The Morgan fingerprint density at radius 3 is 0.800 bits per heavy atom. The summed E-state index contributed by atoms with van der Waals surface area (Å²) in [5.41, 5.74) is 4.02. The summed E-state index contributed by atoms with van der Waals surface area (Å²) in [6.07, 6.45) is 0. The van der Waals surface area contributed by atoms with Crippen LogP contribution in [0.25, 0.3) is 0 Å². The summed E-state index contributed by atoms with van der Waals surface area (Å²) >= 11 is 8.99. The predicted molar refractivity (Wildman–Crippen MR) is 65.1 cm³/mol. The van der Waals surface area contributed by atoms with Gasteiger partial charge in [-0.05, 0) is 0 Å². The van der Waals surface area contributed by atoms with Gasteiger partial charge in [0.05, 0.1) is 0 Å². The Bertz CT molecular complexity index is 211. The van der Waals surface area contributed by atoms with Crippen LogP contribution in [0.4, 0.5) is 0 Å². The summed E-state index contributed by atoms with van der Waals surface area (Å²) in [5, 5.41) is 0. The van der Waals surface area contributed by atoms with Crippen molar-refractivity contribution >= 4 is 57.1 Å². The smallest absolute Gasteiger partial charge is 0.330 e. The average Bonchev–Trinajstić information content (AvgIpc) is 1.41. The quantitative estimate of drug-likeness (QED) is 0.216. The average molecular weight is 341 g/mol. The molecule has 7 N–H and O–H groups in total. The van der Waals surface area contributed by atoms with Crippen LogP contribution in [-0.4, -0.2) is 24.5 Å². The third-order valence-corrected chi connectivity index (χ3v) is 0. The van der Waals surface area contributed by atoms with Crippen molar-refractivity contribution in [1.29, 1.82) is 0 Å². The fraction of sp³-hybridized carbons (Fsp3) is 0. The van der Waals surface area contributed by atoms with Crippen LogP contribution in [0.5, 0.6) is 0 Å². The second-order valence-electron chi connectivity index (χ2n) is 1.62. The molecule has 0 spiro atoms. The van der Waals surface area contributed by atoms with Crippen molar-refractivity contribution in [1.82, 2.24) is 0 Å². The Hall–Kier alpha value is 1.50. The van der Waals surface area contributed by atoms with Gasteiger partial charge in [0.15, 0.2) is 0 Å². The molecule has 0 aromatic rings. The predicted octanol–water partition coefficient (Wildman–Crippen LogP) is -0.00690. The molecule has 0 rings (SSSR count). The van der Waals surface area contributed by atoms with E-state index in [4.69, 9.17) is 29.0 Å². The minimum absolute atomic E-state index is 2.79. The molecule has 0 aliphatic heterocycles. The molecule has 0 aromatic heterocycles. The molecule has 0 aliphatic carbocycles. The summed E-state index contributed by atoms with van der Waals surface area (Å²) in [4.78, 5) is 37.6. The molecule has 0 bridgehead atoms. The highest BCUT2D eigenvalue weighted by atomic mass is 33.1. The van der Waals surface area contributed by atoms with Gasteiger partial charge in [0, 0.05) is 0 Å². The van der Waals surface area contributed by atoms with Crippen molar-refractivity contribution in [2.24, 2.45) is 5.50 Å². The molecule has 0 saturated carbocycles. The molecular formula is H10NO8P3S3. The zero-order valence-corrected chi connectivity index (χ0v) is 12.1. The van der Waals surface area contributed by atoms with E-state index < -0.39 is 20.3 Å². The minimum atomic E-state index is -4.14. The number of thiol groups is 3. The Morgan fingerprint density at radius 2 is 0.800 bits per heavy atom. The molecule has 0 aliphatic rings. The molecule has 15 heteroatoms. The molecule has 0 amide bonds. The van der Waals surface area contributed by atoms with Crippen molar-refractivity contribution in [3.63, 3.8) is 0 Å². The fourth-order valence-electron chi connectivity index (χ4n) is 0. The lowest BCUT2D eigenvalue weighted by Gasteiger charge is -1.84. The molecule has 0 unspecified atom stereocenters. The highest BCUT2D eigenvalue weighted by Crippen LogP contribution is 2.50. The first kappa shape index (κ1) is 21.8. The van der Waals surface area contributed by atoms with E-state index in [1.165, 1.54) is 0 Å². The van der Waals surface area contributed by atoms with E-state index in [0.29, 0.717) is 0 Å². The summed E-state index contributed by atoms with van der Waals surface area (Å²) in [6.45, 7) is -3.94. The fourth-order valence-corrected chi connectivity index (χ4v) is 0. The molecule has 0 aromatic carbocycles. The lowest BCUT2D eigenvalue weighted by atomic mass is 13.9. The maximum atomic E-state index is 9.50. The molecule has 9 nitrogen and oxygen atoms in total. The molecule has 0 heterocycles. The van der Waals surface area contributed by atoms with Crippen LogP contribution in [0, 0.1) is 0 Å². The van der Waals surface area contributed by atoms with Gasteiger partial charge in [-0.2, -0.15) is 0 Å². The van der Waals surface area contributed by atoms with Gasteiger partial charge in [-0.25, -0.2) is 14.6 Å². The van der Waals surface area contributed by atoms with Gasteiger partial charge in [-0.3, -0.25) is 4.57 Å². The summed E-state index contributed by atoms with van der Waals surface area (Å²) in [5.74, 6) is -3.25. The molecule has 0 atom stereocenters. The zero-order valence-electron chi connectivity index (χ0n) is 6.72. The number of hydrogen-bond donors (Lipinski definition) is 9. The number of rotatable bonds is 0. The van der Waals surface area contributed by atoms with Crippen LogP contribution < -0.4 is 5.50 Å². The summed E-state index contributed by atoms with van der Waals surface area (Å²) < 4.78 is 27.8. The monoisotopic (exact) mass is 341 g/mol. The van der Waals surface area contributed by atoms with Gasteiger partial charge in [-0.15, -0.1) is 0 Å². The van der Waals surface area contributed by atoms with E-state index in [1.54, 1.807) is 0 Å². The molecule has 96 valence electrons. The molecule has 0 fully saturated rings. The van der Waals surface area contributed by atoms with Crippen molar-refractivity contribution in [2.75, 3.05) is 0 Å². The van der Waals surface area contributed by atoms with Crippen LogP contribution in [-0.2, 0) is 13.7 Å². The van der Waals surface area contributed by atoms with E-state index in [2.05, 4.69) is 42.3 Å². The summed E-state index contributed by atoms with van der Waals surface area (Å²) in [6, 6.07) is 0. The normalized spacial score (nSPS) is 11.8. The Labute approximate surface area is 101 Å². The number of nitrogens with two attached hydrogens (primary N) is 1.